The largest absolute Gasteiger partial charge is 0.277 e. The lowest BCUT2D eigenvalue weighted by Crippen LogP contribution is -2.25. The Morgan fingerprint density at radius 1 is 1.15 bits per heavy atom. The first-order chi connectivity index (χ1) is 19.0. The first-order valence-electron chi connectivity index (χ1n) is 12.6. The standard InChI is InChI=1S/C29H24ClF2N3O3S2/c1-14-12-33-27(17-7-5-9-22(24(17)31)40(3,37)38)25(32)28(14)35-15(2)10-20(23(30)29(35)36)19-11-18(19)16-6-4-8-21-26(16)34-13-39-21/h4-10,12-13,18-19,21,26H,11H2,1-3H3/t18-,19+,21?,26?/m1/s1. The van der Waals surface area contributed by atoms with Crippen LogP contribution in [0.15, 0.2) is 68.9 Å². The van der Waals surface area contributed by atoms with Gasteiger partial charge in [-0.1, -0.05) is 35.9 Å². The molecule has 1 saturated carbocycles. The van der Waals surface area contributed by atoms with Gasteiger partial charge in [-0.15, -0.1) is 11.8 Å². The van der Waals surface area contributed by atoms with E-state index in [0.717, 1.165) is 18.7 Å². The number of halogens is 3. The molecule has 0 saturated heterocycles. The summed E-state index contributed by atoms with van der Waals surface area (Å²) in [7, 11) is -3.91. The molecule has 0 bridgehead atoms. The Labute approximate surface area is 239 Å². The minimum absolute atomic E-state index is 0.00770. The molecule has 3 heterocycles. The Morgan fingerprint density at radius 3 is 2.67 bits per heavy atom. The predicted molar refractivity (Wildman–Crippen MR) is 155 cm³/mol. The highest BCUT2D eigenvalue weighted by atomic mass is 35.5. The molecule has 0 amide bonds. The summed E-state index contributed by atoms with van der Waals surface area (Å²) in [5, 5.41) is 0.301. The van der Waals surface area contributed by atoms with Gasteiger partial charge in [0.2, 0.25) is 0 Å². The van der Waals surface area contributed by atoms with Crippen LogP contribution in [-0.2, 0) is 9.84 Å². The molecule has 6 rings (SSSR count). The Morgan fingerprint density at radius 2 is 1.93 bits per heavy atom. The van der Waals surface area contributed by atoms with Crippen molar-refractivity contribution < 1.29 is 17.2 Å². The van der Waals surface area contributed by atoms with Gasteiger partial charge in [0.25, 0.3) is 5.56 Å². The first-order valence-corrected chi connectivity index (χ1v) is 15.8. The van der Waals surface area contributed by atoms with E-state index in [1.807, 2.05) is 11.6 Å². The van der Waals surface area contributed by atoms with Gasteiger partial charge >= 0.3 is 0 Å². The fourth-order valence-electron chi connectivity index (χ4n) is 5.67. The van der Waals surface area contributed by atoms with Crippen LogP contribution in [0, 0.1) is 31.4 Å². The zero-order valence-electron chi connectivity index (χ0n) is 21.7. The topological polar surface area (TPSA) is 81.4 Å². The van der Waals surface area contributed by atoms with Gasteiger partial charge in [-0.05, 0) is 67.0 Å². The molecule has 206 valence electrons. The first kappa shape index (κ1) is 27.1. The smallest absolute Gasteiger partial charge is 0.274 e. The number of nitrogens with zero attached hydrogens (tertiary/aromatic N) is 3. The number of thioether (sulfide) groups is 1. The lowest BCUT2D eigenvalue weighted by Gasteiger charge is -2.21. The molecular weight excluding hydrogens is 576 g/mol. The number of fused-ring (bicyclic) bond motifs is 1. The number of allylic oxidation sites excluding steroid dienone is 2. The van der Waals surface area contributed by atoms with Crippen molar-refractivity contribution in [3.8, 4) is 16.9 Å². The highest BCUT2D eigenvalue weighted by molar-refractivity contribution is 8.13. The van der Waals surface area contributed by atoms with Crippen LogP contribution in [0.1, 0.15) is 29.2 Å². The fourth-order valence-corrected chi connectivity index (χ4v) is 7.61. The Hall–Kier alpha value is -3.08. The van der Waals surface area contributed by atoms with Crippen molar-refractivity contribution in [2.24, 2.45) is 10.9 Å². The Balaban J connectivity index is 1.42. The monoisotopic (exact) mass is 599 g/mol. The minimum Gasteiger partial charge on any atom is -0.277 e. The SMILES string of the molecule is Cc1cnc(-c2cccc(S(C)(=O)=O)c2F)c(F)c1-n1c(C)cc([C@H]2C[C@@H]2C2=CC=CC3SC=NC23)c(Cl)c1=O. The average Bonchev–Trinajstić information content (AvgIpc) is 3.54. The van der Waals surface area contributed by atoms with Crippen molar-refractivity contribution in [2.45, 2.75) is 42.4 Å². The van der Waals surface area contributed by atoms with E-state index < -0.39 is 37.6 Å². The van der Waals surface area contributed by atoms with Crippen LogP contribution in [0.4, 0.5) is 8.78 Å². The molecule has 3 aliphatic rings. The zero-order chi connectivity index (χ0) is 28.5. The van der Waals surface area contributed by atoms with Crippen molar-refractivity contribution in [1.29, 1.82) is 0 Å². The maximum Gasteiger partial charge on any atom is 0.274 e. The van der Waals surface area contributed by atoms with Crippen LogP contribution in [0.25, 0.3) is 16.9 Å². The third-order valence-corrected chi connectivity index (χ3v) is 10.1. The molecule has 3 aromatic rings. The van der Waals surface area contributed by atoms with E-state index in [4.69, 9.17) is 11.6 Å². The quantitative estimate of drug-likeness (QED) is 0.361. The number of benzene rings is 1. The van der Waals surface area contributed by atoms with E-state index in [0.29, 0.717) is 22.1 Å². The summed E-state index contributed by atoms with van der Waals surface area (Å²) < 4.78 is 56.6. The third-order valence-electron chi connectivity index (χ3n) is 7.68. The second-order valence-corrected chi connectivity index (χ2v) is 13.7. The van der Waals surface area contributed by atoms with Crippen molar-refractivity contribution in [3.63, 3.8) is 0 Å². The van der Waals surface area contributed by atoms with Crippen LogP contribution >= 0.6 is 23.4 Å². The van der Waals surface area contributed by atoms with Gasteiger partial charge in [0.15, 0.2) is 21.5 Å². The summed E-state index contributed by atoms with van der Waals surface area (Å²) in [5.41, 5.74) is 3.20. The second kappa shape index (κ2) is 9.78. The Kier molecular flexibility index (Phi) is 6.63. The molecule has 6 nitrogen and oxygen atoms in total. The van der Waals surface area contributed by atoms with E-state index in [2.05, 4.69) is 28.2 Å². The van der Waals surface area contributed by atoms with Crippen molar-refractivity contribution in [1.82, 2.24) is 9.55 Å². The van der Waals surface area contributed by atoms with Gasteiger partial charge in [0, 0.05) is 23.7 Å². The van der Waals surface area contributed by atoms with Crippen LogP contribution in [0.5, 0.6) is 0 Å². The lowest BCUT2D eigenvalue weighted by molar-refractivity contribution is 0.569. The normalized spacial score (nSPS) is 23.3. The second-order valence-electron chi connectivity index (χ2n) is 10.3. The van der Waals surface area contributed by atoms with Gasteiger partial charge in [-0.3, -0.25) is 19.3 Å². The maximum atomic E-state index is 16.1. The molecule has 0 spiro atoms. The summed E-state index contributed by atoms with van der Waals surface area (Å²) in [6.07, 6.45) is 9.34. The molecule has 1 aromatic carbocycles. The van der Waals surface area contributed by atoms with Crippen molar-refractivity contribution in [2.75, 3.05) is 6.26 Å². The van der Waals surface area contributed by atoms with Crippen molar-refractivity contribution in [3.05, 3.63) is 98.1 Å². The van der Waals surface area contributed by atoms with Gasteiger partial charge in [-0.2, -0.15) is 0 Å². The lowest BCUT2D eigenvalue weighted by atomic mass is 9.93. The van der Waals surface area contributed by atoms with Crippen LogP contribution in [0.3, 0.4) is 0 Å². The molecule has 2 aliphatic carbocycles. The van der Waals surface area contributed by atoms with E-state index in [1.165, 1.54) is 28.5 Å². The van der Waals surface area contributed by atoms with E-state index in [1.54, 1.807) is 25.6 Å². The molecule has 1 aliphatic heterocycles. The van der Waals surface area contributed by atoms with Gasteiger partial charge < -0.3 is 0 Å². The molecule has 40 heavy (non-hydrogen) atoms. The summed E-state index contributed by atoms with van der Waals surface area (Å²) in [6.45, 7) is 3.28. The third kappa shape index (κ3) is 4.37. The van der Waals surface area contributed by atoms with Gasteiger partial charge in [0.1, 0.15) is 15.6 Å². The number of rotatable bonds is 5. The van der Waals surface area contributed by atoms with E-state index in [-0.39, 0.29) is 34.2 Å². The summed E-state index contributed by atoms with van der Waals surface area (Å²) >= 11 is 8.36. The van der Waals surface area contributed by atoms with Crippen LogP contribution in [0.2, 0.25) is 5.02 Å². The highest BCUT2D eigenvalue weighted by Crippen LogP contribution is 2.56. The van der Waals surface area contributed by atoms with Crippen LogP contribution in [-0.4, -0.2) is 41.1 Å². The molecule has 0 N–H and O–H groups in total. The maximum absolute atomic E-state index is 16.1. The molecule has 4 atom stereocenters. The fraction of sp³-hybridized carbons (Fsp3) is 0.276. The van der Waals surface area contributed by atoms with Crippen molar-refractivity contribution >= 4 is 38.7 Å². The number of hydrogen-bond acceptors (Lipinski definition) is 6. The van der Waals surface area contributed by atoms with E-state index >= 15 is 8.78 Å². The highest BCUT2D eigenvalue weighted by Gasteiger charge is 2.47. The molecule has 1 fully saturated rings. The zero-order valence-corrected chi connectivity index (χ0v) is 24.1. The molecule has 2 aromatic heterocycles. The number of aryl methyl sites for hydroxylation is 2. The number of hydrogen-bond donors (Lipinski definition) is 0. The predicted octanol–water partition coefficient (Wildman–Crippen LogP) is 5.96. The van der Waals surface area contributed by atoms with Crippen LogP contribution < -0.4 is 5.56 Å². The Bertz CT molecular complexity index is 1850. The molecule has 11 heteroatoms. The average molecular weight is 600 g/mol. The summed E-state index contributed by atoms with van der Waals surface area (Å²) in [5.74, 6) is -1.79. The van der Waals surface area contributed by atoms with Gasteiger partial charge in [0.05, 0.1) is 22.5 Å². The molecule has 2 unspecified atom stereocenters. The molecular formula is C29H24ClF2N3O3S2. The minimum atomic E-state index is -3.91. The number of aromatic nitrogens is 2. The van der Waals surface area contributed by atoms with E-state index in [9.17, 15) is 13.2 Å². The number of pyridine rings is 2. The number of aliphatic imine (C=N–C) groups is 1. The summed E-state index contributed by atoms with van der Waals surface area (Å²) in [6, 6.07) is 5.58. The van der Waals surface area contributed by atoms with Gasteiger partial charge in [-0.25, -0.2) is 17.2 Å². The number of sulfone groups is 1. The summed E-state index contributed by atoms with van der Waals surface area (Å²) in [4.78, 5) is 21.8. The molecule has 0 radical (unpaired) electrons.